The molecule has 1 nitrogen and oxygen atoms in total. The van der Waals surface area contributed by atoms with E-state index in [0.717, 1.165) is 12.7 Å². The largest absolute Gasteiger partial charge is 0.516 e. The molecule has 0 radical (unpaired) electrons. The third kappa shape index (κ3) is 2.12. The molecule has 0 fully saturated rings. The molecule has 0 heterocycles. The lowest BCUT2D eigenvalue weighted by molar-refractivity contribution is 0.468. The molecular formula is C11H14O. The minimum atomic E-state index is 0.344. The summed E-state index contributed by atoms with van der Waals surface area (Å²) in [5.41, 5.74) is 1.25. The first kappa shape index (κ1) is 8.85. The van der Waals surface area contributed by atoms with Gasteiger partial charge in [0.2, 0.25) is 0 Å². The normalized spacial score (nSPS) is 13.4. The van der Waals surface area contributed by atoms with E-state index in [1.54, 1.807) is 0 Å². The van der Waals surface area contributed by atoms with E-state index in [1.165, 1.54) is 5.56 Å². The Kier molecular flexibility index (Phi) is 3.39. The maximum atomic E-state index is 8.65. The van der Waals surface area contributed by atoms with Gasteiger partial charge in [-0.05, 0) is 18.1 Å². The summed E-state index contributed by atoms with van der Waals surface area (Å²) >= 11 is 0. The first-order valence-electron chi connectivity index (χ1n) is 4.24. The van der Waals surface area contributed by atoms with Crippen molar-refractivity contribution in [3.8, 4) is 0 Å². The molecule has 0 saturated heterocycles. The number of allylic oxidation sites excluding steroid dienone is 1. The van der Waals surface area contributed by atoms with Crippen molar-refractivity contribution in [3.05, 3.63) is 48.2 Å². The molecule has 1 unspecified atom stereocenters. The summed E-state index contributed by atoms with van der Waals surface area (Å²) in [6.07, 6.45) is 3.96. The number of benzene rings is 1. The predicted octanol–water partition coefficient (Wildman–Crippen LogP) is 3.25. The molecule has 0 amide bonds. The van der Waals surface area contributed by atoms with Gasteiger partial charge in [-0.3, -0.25) is 0 Å². The van der Waals surface area contributed by atoms with Crippen LogP contribution in [-0.2, 0) is 0 Å². The van der Waals surface area contributed by atoms with Gasteiger partial charge in [0.15, 0.2) is 0 Å². The molecule has 0 aliphatic heterocycles. The smallest absolute Gasteiger partial charge is 0.0757 e. The van der Waals surface area contributed by atoms with Crippen LogP contribution >= 0.6 is 0 Å². The van der Waals surface area contributed by atoms with Gasteiger partial charge in [-0.1, -0.05) is 37.3 Å². The highest BCUT2D eigenvalue weighted by molar-refractivity contribution is 5.22. The van der Waals surface area contributed by atoms with Crippen molar-refractivity contribution in [1.29, 1.82) is 0 Å². The van der Waals surface area contributed by atoms with Crippen molar-refractivity contribution < 1.29 is 5.11 Å². The van der Waals surface area contributed by atoms with E-state index in [1.807, 2.05) is 24.3 Å². The molecule has 1 N–H and O–H groups in total. The van der Waals surface area contributed by atoms with E-state index < -0.39 is 0 Å². The average Bonchev–Trinajstić information content (AvgIpc) is 2.15. The van der Waals surface area contributed by atoms with Crippen molar-refractivity contribution >= 4 is 0 Å². The number of rotatable bonds is 3. The van der Waals surface area contributed by atoms with Crippen LogP contribution in [0, 0.1) is 0 Å². The van der Waals surface area contributed by atoms with Crippen LogP contribution in [-0.4, -0.2) is 5.11 Å². The van der Waals surface area contributed by atoms with Crippen LogP contribution in [0.2, 0.25) is 0 Å². The Hall–Kier alpha value is -1.24. The molecule has 0 saturated carbocycles. The van der Waals surface area contributed by atoms with Crippen LogP contribution in [0.3, 0.4) is 0 Å². The first-order chi connectivity index (χ1) is 5.88. The van der Waals surface area contributed by atoms with Crippen LogP contribution < -0.4 is 0 Å². The van der Waals surface area contributed by atoms with E-state index in [9.17, 15) is 0 Å². The van der Waals surface area contributed by atoms with Gasteiger partial charge in [0.25, 0.3) is 0 Å². The monoisotopic (exact) mass is 162 g/mol. The van der Waals surface area contributed by atoms with Crippen molar-refractivity contribution in [3.63, 3.8) is 0 Å². The summed E-state index contributed by atoms with van der Waals surface area (Å²) in [6.45, 7) is 2.11. The molecule has 64 valence electrons. The van der Waals surface area contributed by atoms with Gasteiger partial charge in [0.1, 0.15) is 0 Å². The van der Waals surface area contributed by atoms with Crippen LogP contribution in [0.5, 0.6) is 0 Å². The van der Waals surface area contributed by atoms with Crippen LogP contribution in [0.4, 0.5) is 0 Å². The van der Waals surface area contributed by atoms with Gasteiger partial charge in [0.05, 0.1) is 6.26 Å². The highest BCUT2D eigenvalue weighted by Crippen LogP contribution is 2.19. The highest BCUT2D eigenvalue weighted by atomic mass is 16.2. The van der Waals surface area contributed by atoms with Crippen molar-refractivity contribution in [2.75, 3.05) is 0 Å². The van der Waals surface area contributed by atoms with Gasteiger partial charge in [0, 0.05) is 5.92 Å². The number of aliphatic hydroxyl groups is 1. The molecule has 0 spiro atoms. The molecule has 0 bridgehead atoms. The van der Waals surface area contributed by atoms with Gasteiger partial charge in [-0.25, -0.2) is 0 Å². The van der Waals surface area contributed by atoms with E-state index >= 15 is 0 Å². The number of hydrogen-bond donors (Lipinski definition) is 1. The lowest BCUT2D eigenvalue weighted by atomic mass is 9.97. The van der Waals surface area contributed by atoms with Crippen LogP contribution in [0.1, 0.15) is 24.8 Å². The molecule has 1 atom stereocenters. The van der Waals surface area contributed by atoms with Crippen molar-refractivity contribution in [2.24, 2.45) is 0 Å². The average molecular weight is 162 g/mol. The maximum absolute atomic E-state index is 8.65. The Bertz CT molecular complexity index is 238. The zero-order valence-corrected chi connectivity index (χ0v) is 7.27. The van der Waals surface area contributed by atoms with Crippen LogP contribution in [0.25, 0.3) is 0 Å². The molecule has 1 rings (SSSR count). The second-order valence-corrected chi connectivity index (χ2v) is 2.77. The quantitative estimate of drug-likeness (QED) is 0.676. The molecule has 1 aromatic carbocycles. The second-order valence-electron chi connectivity index (χ2n) is 2.77. The third-order valence-electron chi connectivity index (χ3n) is 1.99. The topological polar surface area (TPSA) is 20.2 Å². The fourth-order valence-corrected chi connectivity index (χ4v) is 1.29. The van der Waals surface area contributed by atoms with Crippen molar-refractivity contribution in [2.45, 2.75) is 19.3 Å². The molecular weight excluding hydrogens is 148 g/mol. The van der Waals surface area contributed by atoms with Gasteiger partial charge in [-0.15, -0.1) is 0 Å². The van der Waals surface area contributed by atoms with E-state index in [0.29, 0.717) is 5.92 Å². The first-order valence-corrected chi connectivity index (χ1v) is 4.24. The fraction of sp³-hybridized carbons (Fsp3) is 0.273. The predicted molar refractivity (Wildman–Crippen MR) is 51.2 cm³/mol. The summed E-state index contributed by atoms with van der Waals surface area (Å²) in [7, 11) is 0. The fourth-order valence-electron chi connectivity index (χ4n) is 1.29. The third-order valence-corrected chi connectivity index (χ3v) is 1.99. The second kappa shape index (κ2) is 4.60. The number of hydrogen-bond acceptors (Lipinski definition) is 1. The zero-order valence-electron chi connectivity index (χ0n) is 7.27. The Balaban J connectivity index is 2.80. The molecule has 12 heavy (non-hydrogen) atoms. The molecule has 0 aliphatic carbocycles. The summed E-state index contributed by atoms with van der Waals surface area (Å²) in [5.74, 6) is 0.344. The Morgan fingerprint density at radius 1 is 1.33 bits per heavy atom. The molecule has 1 aromatic rings. The molecule has 0 aliphatic rings. The zero-order chi connectivity index (χ0) is 8.81. The van der Waals surface area contributed by atoms with Gasteiger partial charge in [-0.2, -0.15) is 0 Å². The lowest BCUT2D eigenvalue weighted by Gasteiger charge is -2.08. The van der Waals surface area contributed by atoms with E-state index in [-0.39, 0.29) is 0 Å². The minimum Gasteiger partial charge on any atom is -0.516 e. The molecule has 0 aromatic heterocycles. The SMILES string of the molecule is CCC(C=CO)c1ccccc1. The van der Waals surface area contributed by atoms with E-state index in [4.69, 9.17) is 5.11 Å². The van der Waals surface area contributed by atoms with E-state index in [2.05, 4.69) is 19.1 Å². The number of aliphatic hydroxyl groups excluding tert-OH is 1. The summed E-state index contributed by atoms with van der Waals surface area (Å²) < 4.78 is 0. The lowest BCUT2D eigenvalue weighted by Crippen LogP contribution is -1.91. The molecule has 1 heteroatoms. The Morgan fingerprint density at radius 2 is 2.00 bits per heavy atom. The Morgan fingerprint density at radius 3 is 2.50 bits per heavy atom. The summed E-state index contributed by atoms with van der Waals surface area (Å²) in [5, 5.41) is 8.65. The van der Waals surface area contributed by atoms with Gasteiger partial charge >= 0.3 is 0 Å². The Labute approximate surface area is 73.4 Å². The summed E-state index contributed by atoms with van der Waals surface area (Å²) in [4.78, 5) is 0. The van der Waals surface area contributed by atoms with Crippen molar-refractivity contribution in [1.82, 2.24) is 0 Å². The summed E-state index contributed by atoms with van der Waals surface area (Å²) in [6, 6.07) is 10.2. The van der Waals surface area contributed by atoms with Crippen LogP contribution in [0.15, 0.2) is 42.7 Å². The standard InChI is InChI=1S/C11H14O/c1-2-10(8-9-12)11-6-4-3-5-7-11/h3-10,12H,2H2,1H3. The minimum absolute atomic E-state index is 0.344. The van der Waals surface area contributed by atoms with Gasteiger partial charge < -0.3 is 5.11 Å². The highest BCUT2D eigenvalue weighted by Gasteiger charge is 2.03. The maximum Gasteiger partial charge on any atom is 0.0757 e.